The Morgan fingerprint density at radius 3 is 2.50 bits per heavy atom. The maximum absolute atomic E-state index is 12.6. The van der Waals surface area contributed by atoms with Gasteiger partial charge in [-0.05, 0) is 22.0 Å². The molecule has 0 spiro atoms. The largest absolute Gasteiger partial charge is 0.288 e. The Morgan fingerprint density at radius 1 is 1.50 bits per heavy atom. The molecule has 0 aliphatic carbocycles. The summed E-state index contributed by atoms with van der Waals surface area (Å²) in [4.78, 5) is 3.28. The van der Waals surface area contributed by atoms with Gasteiger partial charge in [0.1, 0.15) is 11.5 Å². The van der Waals surface area contributed by atoms with E-state index in [1.807, 2.05) is 0 Å². The lowest BCUT2D eigenvalue weighted by Crippen LogP contribution is -2.10. The summed E-state index contributed by atoms with van der Waals surface area (Å²) < 4.78 is 37.6. The van der Waals surface area contributed by atoms with Gasteiger partial charge in [0.15, 0.2) is 0 Å². The molecular formula is C7H5BrF3N. The van der Waals surface area contributed by atoms with Crippen LogP contribution < -0.4 is 0 Å². The van der Waals surface area contributed by atoms with E-state index < -0.39 is 17.4 Å². The highest BCUT2D eigenvalue weighted by Gasteiger charge is 2.28. The van der Waals surface area contributed by atoms with Gasteiger partial charge < -0.3 is 0 Å². The van der Waals surface area contributed by atoms with Gasteiger partial charge in [0.2, 0.25) is 0 Å². The molecule has 0 aliphatic rings. The Bertz CT molecular complexity index is 295. The Balaban J connectivity index is 3.19. The monoisotopic (exact) mass is 239 g/mol. The van der Waals surface area contributed by atoms with Crippen LogP contribution in [-0.4, -0.2) is 4.98 Å². The molecule has 0 radical (unpaired) electrons. The van der Waals surface area contributed by atoms with E-state index >= 15 is 0 Å². The number of nitrogens with zero attached hydrogens (tertiary/aromatic N) is 1. The average Bonchev–Trinajstić information content (AvgIpc) is 1.83. The van der Waals surface area contributed by atoms with Crippen molar-refractivity contribution in [3.8, 4) is 0 Å². The van der Waals surface area contributed by atoms with Crippen molar-refractivity contribution in [2.45, 2.75) is 12.8 Å². The summed E-state index contributed by atoms with van der Waals surface area (Å²) in [6, 6.07) is 0.958. The predicted molar refractivity (Wildman–Crippen MR) is 41.5 cm³/mol. The van der Waals surface area contributed by atoms with Gasteiger partial charge in [-0.2, -0.15) is 8.78 Å². The van der Waals surface area contributed by atoms with Crippen molar-refractivity contribution < 1.29 is 13.2 Å². The van der Waals surface area contributed by atoms with Crippen LogP contribution in [-0.2, 0) is 5.92 Å². The molecule has 0 N–H and O–H groups in total. The highest BCUT2D eigenvalue weighted by Crippen LogP contribution is 2.31. The Morgan fingerprint density at radius 2 is 2.08 bits per heavy atom. The number of pyridine rings is 1. The standard InChI is InChI=1S/C7H5BrF3N/c1-7(10,11)6-5(8)2-4(9)3-12-6/h2-3H,1H3. The number of alkyl halides is 2. The van der Waals surface area contributed by atoms with Crippen molar-refractivity contribution in [1.82, 2.24) is 4.98 Å². The third-order valence-corrected chi connectivity index (χ3v) is 1.83. The van der Waals surface area contributed by atoms with Crippen molar-refractivity contribution in [2.24, 2.45) is 0 Å². The SMILES string of the molecule is CC(F)(F)c1ncc(F)cc1Br. The van der Waals surface area contributed by atoms with E-state index in [4.69, 9.17) is 0 Å². The van der Waals surface area contributed by atoms with Gasteiger partial charge in [-0.15, -0.1) is 0 Å². The molecule has 1 rings (SSSR count). The number of rotatable bonds is 1. The first kappa shape index (κ1) is 9.51. The lowest BCUT2D eigenvalue weighted by atomic mass is 10.2. The zero-order valence-electron chi connectivity index (χ0n) is 6.11. The number of hydrogen-bond acceptors (Lipinski definition) is 1. The van der Waals surface area contributed by atoms with Gasteiger partial charge in [0, 0.05) is 11.4 Å². The van der Waals surface area contributed by atoms with Crippen LogP contribution >= 0.6 is 15.9 Å². The fraction of sp³-hybridized carbons (Fsp3) is 0.286. The lowest BCUT2D eigenvalue weighted by Gasteiger charge is -2.10. The molecular weight excluding hydrogens is 235 g/mol. The first-order valence-corrected chi connectivity index (χ1v) is 3.90. The quantitative estimate of drug-likeness (QED) is 0.734. The first-order valence-electron chi connectivity index (χ1n) is 3.10. The summed E-state index contributed by atoms with van der Waals surface area (Å²) in [6.07, 6.45) is 0.761. The molecule has 1 nitrogen and oxygen atoms in total. The summed E-state index contributed by atoms with van der Waals surface area (Å²) in [7, 11) is 0. The van der Waals surface area contributed by atoms with Gasteiger partial charge in [-0.3, -0.25) is 4.98 Å². The Labute approximate surface area is 75.7 Å². The zero-order valence-corrected chi connectivity index (χ0v) is 7.70. The smallest absolute Gasteiger partial charge is 0.251 e. The number of aromatic nitrogens is 1. The molecule has 0 atom stereocenters. The van der Waals surface area contributed by atoms with E-state index in [9.17, 15) is 13.2 Å². The third-order valence-electron chi connectivity index (χ3n) is 1.22. The maximum atomic E-state index is 12.6. The Hall–Kier alpha value is -0.580. The summed E-state index contributed by atoms with van der Waals surface area (Å²) in [6.45, 7) is 0.706. The molecule has 1 aromatic heterocycles. The molecule has 1 heterocycles. The van der Waals surface area contributed by atoms with Crippen LogP contribution in [0.5, 0.6) is 0 Å². The fourth-order valence-electron chi connectivity index (χ4n) is 0.738. The number of hydrogen-bond donors (Lipinski definition) is 0. The molecule has 1 aromatic rings. The van der Waals surface area contributed by atoms with E-state index in [0.717, 1.165) is 12.3 Å². The summed E-state index contributed by atoms with van der Waals surface area (Å²) in [5.74, 6) is -3.69. The molecule has 66 valence electrons. The molecule has 0 fully saturated rings. The van der Waals surface area contributed by atoms with Crippen molar-refractivity contribution in [2.75, 3.05) is 0 Å². The van der Waals surface area contributed by atoms with E-state index in [0.29, 0.717) is 6.92 Å². The second kappa shape index (κ2) is 3.05. The fourth-order valence-corrected chi connectivity index (χ4v) is 1.41. The molecule has 0 amide bonds. The summed E-state index contributed by atoms with van der Waals surface area (Å²) >= 11 is 2.80. The van der Waals surface area contributed by atoms with Crippen molar-refractivity contribution in [1.29, 1.82) is 0 Å². The van der Waals surface area contributed by atoms with E-state index in [1.54, 1.807) is 0 Å². The molecule has 0 saturated carbocycles. The molecule has 12 heavy (non-hydrogen) atoms. The third kappa shape index (κ3) is 1.97. The second-order valence-electron chi connectivity index (χ2n) is 2.37. The number of halogens is 4. The van der Waals surface area contributed by atoms with Gasteiger partial charge >= 0.3 is 0 Å². The summed E-state index contributed by atoms with van der Waals surface area (Å²) in [5, 5.41) is 0. The van der Waals surface area contributed by atoms with Gasteiger partial charge in [-0.25, -0.2) is 4.39 Å². The molecule has 5 heteroatoms. The van der Waals surface area contributed by atoms with Crippen molar-refractivity contribution >= 4 is 15.9 Å². The van der Waals surface area contributed by atoms with Crippen LogP contribution in [0.4, 0.5) is 13.2 Å². The first-order chi connectivity index (χ1) is 5.41. The molecule has 0 bridgehead atoms. The predicted octanol–water partition coefficient (Wildman–Crippen LogP) is 3.09. The second-order valence-corrected chi connectivity index (χ2v) is 3.23. The lowest BCUT2D eigenvalue weighted by molar-refractivity contribution is 0.0118. The topological polar surface area (TPSA) is 12.9 Å². The van der Waals surface area contributed by atoms with E-state index in [1.165, 1.54) is 0 Å². The van der Waals surface area contributed by atoms with Gasteiger partial charge in [0.25, 0.3) is 5.92 Å². The van der Waals surface area contributed by atoms with Crippen LogP contribution in [0.3, 0.4) is 0 Å². The highest BCUT2D eigenvalue weighted by molar-refractivity contribution is 9.10. The van der Waals surface area contributed by atoms with Crippen molar-refractivity contribution in [3.63, 3.8) is 0 Å². The summed E-state index contributed by atoms with van der Waals surface area (Å²) in [5.41, 5.74) is -0.455. The van der Waals surface area contributed by atoms with Crippen LogP contribution in [0.2, 0.25) is 0 Å². The normalized spacial score (nSPS) is 11.8. The molecule has 0 aromatic carbocycles. The van der Waals surface area contributed by atoms with Crippen LogP contribution in [0.25, 0.3) is 0 Å². The Kier molecular flexibility index (Phi) is 2.41. The molecule has 0 saturated heterocycles. The highest BCUT2D eigenvalue weighted by atomic mass is 79.9. The minimum absolute atomic E-state index is 0.0185. The maximum Gasteiger partial charge on any atom is 0.288 e. The minimum atomic E-state index is -3.05. The van der Waals surface area contributed by atoms with Gasteiger partial charge in [0.05, 0.1) is 6.20 Å². The van der Waals surface area contributed by atoms with E-state index in [-0.39, 0.29) is 4.47 Å². The van der Waals surface area contributed by atoms with Crippen LogP contribution in [0.15, 0.2) is 16.7 Å². The molecule has 0 aliphatic heterocycles. The van der Waals surface area contributed by atoms with Crippen molar-refractivity contribution in [3.05, 3.63) is 28.2 Å². The van der Waals surface area contributed by atoms with Crippen LogP contribution in [0, 0.1) is 5.82 Å². The minimum Gasteiger partial charge on any atom is -0.251 e. The van der Waals surface area contributed by atoms with Gasteiger partial charge in [-0.1, -0.05) is 0 Å². The average molecular weight is 240 g/mol. The van der Waals surface area contributed by atoms with E-state index in [2.05, 4.69) is 20.9 Å². The van der Waals surface area contributed by atoms with Crippen LogP contribution in [0.1, 0.15) is 12.6 Å². The molecule has 0 unspecified atom stereocenters. The zero-order chi connectivity index (χ0) is 9.35.